The lowest BCUT2D eigenvalue weighted by Gasteiger charge is -2.41. The molecule has 1 heterocycles. The third kappa shape index (κ3) is 3.62. The first-order valence-electron chi connectivity index (χ1n) is 7.54. The maximum Gasteiger partial charge on any atom is 0.320 e. The van der Waals surface area contributed by atoms with E-state index in [4.69, 9.17) is 5.11 Å². The highest BCUT2D eigenvalue weighted by molar-refractivity contribution is 5.76. The summed E-state index contributed by atoms with van der Waals surface area (Å²) < 4.78 is 0. The van der Waals surface area contributed by atoms with E-state index < -0.39 is 5.97 Å². The van der Waals surface area contributed by atoms with Crippen LogP contribution in [-0.4, -0.2) is 76.6 Å². The second kappa shape index (κ2) is 6.43. The summed E-state index contributed by atoms with van der Waals surface area (Å²) in [5.41, 5.74) is 0. The fourth-order valence-corrected chi connectivity index (χ4v) is 2.86. The standard InChI is InChI=1S/C14H25N3O3/c1-3-15-8-9-16(10-11(15)2)14(20)17(12-4-5-12)7-6-13(18)19/h11-12H,3-10H2,1-2H3,(H,18,19). The van der Waals surface area contributed by atoms with Crippen molar-refractivity contribution in [2.24, 2.45) is 0 Å². The van der Waals surface area contributed by atoms with Gasteiger partial charge in [-0.2, -0.15) is 0 Å². The summed E-state index contributed by atoms with van der Waals surface area (Å²) in [5.74, 6) is -0.840. The smallest absolute Gasteiger partial charge is 0.320 e. The zero-order chi connectivity index (χ0) is 14.7. The Morgan fingerprint density at radius 1 is 1.30 bits per heavy atom. The lowest BCUT2D eigenvalue weighted by molar-refractivity contribution is -0.137. The highest BCUT2D eigenvalue weighted by Gasteiger charge is 2.36. The minimum atomic E-state index is -0.840. The normalized spacial score (nSPS) is 23.7. The molecule has 1 unspecified atom stereocenters. The second-order valence-electron chi connectivity index (χ2n) is 5.77. The van der Waals surface area contributed by atoms with Gasteiger partial charge < -0.3 is 14.9 Å². The van der Waals surface area contributed by atoms with Gasteiger partial charge in [0.15, 0.2) is 0 Å². The molecule has 6 heteroatoms. The van der Waals surface area contributed by atoms with Gasteiger partial charge in [0.2, 0.25) is 0 Å². The molecular weight excluding hydrogens is 258 g/mol. The fraction of sp³-hybridized carbons (Fsp3) is 0.857. The largest absolute Gasteiger partial charge is 0.481 e. The predicted molar refractivity (Wildman–Crippen MR) is 75.7 cm³/mol. The SMILES string of the molecule is CCN1CCN(C(=O)N(CCC(=O)O)C2CC2)CC1C. The van der Waals surface area contributed by atoms with Gasteiger partial charge in [-0.1, -0.05) is 6.92 Å². The molecule has 2 amide bonds. The maximum atomic E-state index is 12.6. The second-order valence-corrected chi connectivity index (χ2v) is 5.77. The van der Waals surface area contributed by atoms with Crippen molar-refractivity contribution in [3.63, 3.8) is 0 Å². The molecule has 1 saturated heterocycles. The van der Waals surface area contributed by atoms with E-state index in [0.29, 0.717) is 12.6 Å². The van der Waals surface area contributed by atoms with E-state index in [-0.39, 0.29) is 18.5 Å². The van der Waals surface area contributed by atoms with Gasteiger partial charge in [-0.15, -0.1) is 0 Å². The summed E-state index contributed by atoms with van der Waals surface area (Å²) in [4.78, 5) is 29.3. The van der Waals surface area contributed by atoms with Gasteiger partial charge in [-0.25, -0.2) is 4.79 Å². The Kier molecular flexibility index (Phi) is 4.86. The topological polar surface area (TPSA) is 64.1 Å². The van der Waals surface area contributed by atoms with E-state index in [1.807, 2.05) is 4.90 Å². The zero-order valence-corrected chi connectivity index (χ0v) is 12.4. The van der Waals surface area contributed by atoms with E-state index in [1.165, 1.54) is 0 Å². The average molecular weight is 283 g/mol. The van der Waals surface area contributed by atoms with Crippen molar-refractivity contribution in [3.8, 4) is 0 Å². The quantitative estimate of drug-likeness (QED) is 0.820. The van der Waals surface area contributed by atoms with Crippen molar-refractivity contribution in [1.29, 1.82) is 0 Å². The number of carbonyl (C=O) groups excluding carboxylic acids is 1. The van der Waals surface area contributed by atoms with E-state index in [1.54, 1.807) is 4.90 Å². The van der Waals surface area contributed by atoms with Crippen molar-refractivity contribution in [1.82, 2.24) is 14.7 Å². The molecule has 2 fully saturated rings. The molecule has 6 nitrogen and oxygen atoms in total. The number of rotatable bonds is 5. The van der Waals surface area contributed by atoms with Gasteiger partial charge in [-0.05, 0) is 26.3 Å². The van der Waals surface area contributed by atoms with E-state index in [9.17, 15) is 9.59 Å². The highest BCUT2D eigenvalue weighted by Crippen LogP contribution is 2.28. The summed E-state index contributed by atoms with van der Waals surface area (Å²) in [6, 6.07) is 0.663. The van der Waals surface area contributed by atoms with Crippen LogP contribution < -0.4 is 0 Å². The number of carboxylic acid groups (broad SMARTS) is 1. The molecule has 0 aromatic carbocycles. The van der Waals surface area contributed by atoms with Gasteiger partial charge in [0, 0.05) is 38.3 Å². The van der Waals surface area contributed by atoms with Crippen molar-refractivity contribution >= 4 is 12.0 Å². The first kappa shape index (κ1) is 15.1. The van der Waals surface area contributed by atoms with E-state index >= 15 is 0 Å². The summed E-state index contributed by atoms with van der Waals surface area (Å²) in [5, 5.41) is 8.81. The number of carboxylic acids is 1. The van der Waals surface area contributed by atoms with Crippen LogP contribution in [0.4, 0.5) is 4.79 Å². The molecule has 0 radical (unpaired) electrons. The van der Waals surface area contributed by atoms with Crippen LogP contribution in [0.1, 0.15) is 33.1 Å². The van der Waals surface area contributed by atoms with Crippen LogP contribution in [-0.2, 0) is 4.79 Å². The number of urea groups is 1. The molecule has 1 N–H and O–H groups in total. The Balaban J connectivity index is 1.92. The summed E-state index contributed by atoms with van der Waals surface area (Å²) in [7, 11) is 0. The third-order valence-corrected chi connectivity index (χ3v) is 4.24. The molecule has 1 aliphatic carbocycles. The Labute approximate surface area is 120 Å². The Morgan fingerprint density at radius 3 is 2.50 bits per heavy atom. The monoisotopic (exact) mass is 283 g/mol. The van der Waals surface area contributed by atoms with Crippen LogP contribution >= 0.6 is 0 Å². The molecule has 1 atom stereocenters. The molecule has 2 aliphatic rings. The number of aliphatic carboxylic acids is 1. The number of carbonyl (C=O) groups is 2. The number of hydrogen-bond acceptors (Lipinski definition) is 3. The van der Waals surface area contributed by atoms with Crippen molar-refractivity contribution in [2.75, 3.05) is 32.7 Å². The predicted octanol–water partition coefficient (Wildman–Crippen LogP) is 1.07. The van der Waals surface area contributed by atoms with Crippen LogP contribution in [0.5, 0.6) is 0 Å². The third-order valence-electron chi connectivity index (χ3n) is 4.24. The van der Waals surface area contributed by atoms with Crippen LogP contribution in [0.25, 0.3) is 0 Å². The van der Waals surface area contributed by atoms with Gasteiger partial charge >= 0.3 is 12.0 Å². The van der Waals surface area contributed by atoms with E-state index in [0.717, 1.165) is 39.0 Å². The van der Waals surface area contributed by atoms with Gasteiger partial charge in [0.25, 0.3) is 0 Å². The Bertz CT molecular complexity index is 371. The maximum absolute atomic E-state index is 12.6. The van der Waals surface area contributed by atoms with E-state index in [2.05, 4.69) is 18.7 Å². The number of amides is 2. The molecule has 1 saturated carbocycles. The van der Waals surface area contributed by atoms with Crippen LogP contribution in [0.15, 0.2) is 0 Å². The lowest BCUT2D eigenvalue weighted by atomic mass is 10.2. The molecule has 20 heavy (non-hydrogen) atoms. The minimum absolute atomic E-state index is 0.0244. The van der Waals surface area contributed by atoms with Crippen LogP contribution in [0.3, 0.4) is 0 Å². The van der Waals surface area contributed by atoms with Crippen molar-refractivity contribution in [3.05, 3.63) is 0 Å². The highest BCUT2D eigenvalue weighted by atomic mass is 16.4. The zero-order valence-electron chi connectivity index (χ0n) is 12.4. The summed E-state index contributed by atoms with van der Waals surface area (Å²) >= 11 is 0. The first-order valence-corrected chi connectivity index (χ1v) is 7.54. The minimum Gasteiger partial charge on any atom is -0.481 e. The van der Waals surface area contributed by atoms with Gasteiger partial charge in [0.05, 0.1) is 6.42 Å². The summed E-state index contributed by atoms with van der Waals surface area (Å²) in [6.07, 6.45) is 2.05. The first-order chi connectivity index (χ1) is 9.52. The van der Waals surface area contributed by atoms with Crippen molar-refractivity contribution in [2.45, 2.75) is 45.2 Å². The molecule has 114 valence electrons. The number of hydrogen-bond donors (Lipinski definition) is 1. The number of nitrogens with zero attached hydrogens (tertiary/aromatic N) is 3. The molecule has 0 bridgehead atoms. The molecular formula is C14H25N3O3. The van der Waals surface area contributed by atoms with Gasteiger partial charge in [0.1, 0.15) is 0 Å². The number of likely N-dealkylation sites (N-methyl/N-ethyl adjacent to an activating group) is 1. The average Bonchev–Trinajstić information content (AvgIpc) is 3.23. The fourth-order valence-electron chi connectivity index (χ4n) is 2.86. The molecule has 2 rings (SSSR count). The molecule has 0 aromatic rings. The van der Waals surface area contributed by atoms with Gasteiger partial charge in [-0.3, -0.25) is 9.69 Å². The lowest BCUT2D eigenvalue weighted by Crippen LogP contribution is -2.56. The molecule has 0 spiro atoms. The summed E-state index contributed by atoms with van der Waals surface area (Å²) in [6.45, 7) is 8.01. The Hall–Kier alpha value is -1.30. The molecule has 1 aliphatic heterocycles. The Morgan fingerprint density at radius 2 is 2.00 bits per heavy atom. The number of piperazine rings is 1. The molecule has 0 aromatic heterocycles. The van der Waals surface area contributed by atoms with Crippen molar-refractivity contribution < 1.29 is 14.7 Å². The van der Waals surface area contributed by atoms with Crippen LogP contribution in [0.2, 0.25) is 0 Å². The van der Waals surface area contributed by atoms with Crippen LogP contribution in [0, 0.1) is 0 Å².